The van der Waals surface area contributed by atoms with Crippen molar-refractivity contribution in [3.8, 4) is 5.75 Å². The quantitative estimate of drug-likeness (QED) is 0.867. The van der Waals surface area contributed by atoms with Crippen LogP contribution in [-0.4, -0.2) is 39.8 Å². The molecule has 0 amide bonds. The summed E-state index contributed by atoms with van der Waals surface area (Å²) in [7, 11) is 2.13. The molecule has 2 heterocycles. The second-order valence-electron chi connectivity index (χ2n) is 5.01. The van der Waals surface area contributed by atoms with Crippen LogP contribution in [0.15, 0.2) is 24.8 Å². The summed E-state index contributed by atoms with van der Waals surface area (Å²) in [6, 6.07) is 3.87. The van der Waals surface area contributed by atoms with Gasteiger partial charge in [-0.15, -0.1) is 12.4 Å². The van der Waals surface area contributed by atoms with Gasteiger partial charge in [-0.3, -0.25) is 0 Å². The topological polar surface area (TPSA) is 43.2 Å². The smallest absolute Gasteiger partial charge is 0.182 e. The maximum Gasteiger partial charge on any atom is 0.182 e. The lowest BCUT2D eigenvalue weighted by molar-refractivity contribution is 0.218. The number of hydrogen-bond donors (Lipinski definition) is 0. The van der Waals surface area contributed by atoms with Gasteiger partial charge in [0.15, 0.2) is 6.73 Å². The largest absolute Gasteiger partial charge is 0.471 e. The number of benzene rings is 1. The molecule has 0 unspecified atom stereocenters. The summed E-state index contributed by atoms with van der Waals surface area (Å²) in [5.74, 6) is 0.898. The average Bonchev–Trinajstić information content (AvgIpc) is 2.88. The van der Waals surface area contributed by atoms with E-state index < -0.39 is 0 Å². The van der Waals surface area contributed by atoms with Crippen LogP contribution in [0, 0.1) is 0 Å². The molecule has 0 radical (unpaired) electrons. The van der Waals surface area contributed by atoms with Crippen LogP contribution in [0.4, 0.5) is 0 Å². The first-order chi connectivity index (χ1) is 9.74. The van der Waals surface area contributed by atoms with Gasteiger partial charge in [-0.25, -0.2) is 9.67 Å². The van der Waals surface area contributed by atoms with Gasteiger partial charge in [0, 0.05) is 23.7 Å². The van der Waals surface area contributed by atoms with Crippen LogP contribution in [0.1, 0.15) is 11.1 Å². The molecule has 0 bridgehead atoms. The molecule has 1 aromatic heterocycles. The summed E-state index contributed by atoms with van der Waals surface area (Å²) in [6.07, 6.45) is 5.06. The molecule has 1 aromatic carbocycles. The molecule has 0 spiro atoms. The van der Waals surface area contributed by atoms with Crippen LogP contribution >= 0.6 is 24.0 Å². The van der Waals surface area contributed by atoms with E-state index in [0.29, 0.717) is 6.73 Å². The molecule has 0 fully saturated rings. The third-order valence-electron chi connectivity index (χ3n) is 3.64. The van der Waals surface area contributed by atoms with Gasteiger partial charge in [0.05, 0.1) is 0 Å². The third kappa shape index (κ3) is 3.67. The minimum absolute atomic E-state index is 0. The molecule has 7 heteroatoms. The van der Waals surface area contributed by atoms with Crippen molar-refractivity contribution in [3.63, 3.8) is 0 Å². The van der Waals surface area contributed by atoms with E-state index in [1.807, 2.05) is 12.1 Å². The van der Waals surface area contributed by atoms with Gasteiger partial charge in [-0.05, 0) is 37.6 Å². The molecule has 21 heavy (non-hydrogen) atoms. The molecule has 2 aromatic rings. The molecule has 0 saturated heterocycles. The second-order valence-corrected chi connectivity index (χ2v) is 5.42. The zero-order chi connectivity index (χ0) is 13.9. The zero-order valence-electron chi connectivity index (χ0n) is 11.8. The summed E-state index contributed by atoms with van der Waals surface area (Å²) < 4.78 is 7.53. The number of fused-ring (bicyclic) bond motifs is 1. The molecular formula is C14H18Cl2N4O. The fourth-order valence-electron chi connectivity index (χ4n) is 2.47. The fraction of sp³-hybridized carbons (Fsp3) is 0.429. The summed E-state index contributed by atoms with van der Waals surface area (Å²) in [5.41, 5.74) is 2.44. The molecule has 0 saturated carbocycles. The Morgan fingerprint density at radius 3 is 2.71 bits per heavy atom. The summed E-state index contributed by atoms with van der Waals surface area (Å²) in [4.78, 5) is 6.22. The predicted octanol–water partition coefficient (Wildman–Crippen LogP) is 2.42. The molecule has 0 N–H and O–H groups in total. The molecule has 114 valence electrons. The van der Waals surface area contributed by atoms with Crippen molar-refractivity contribution in [3.05, 3.63) is 40.9 Å². The maximum absolute atomic E-state index is 6.33. The van der Waals surface area contributed by atoms with Crippen molar-refractivity contribution in [2.24, 2.45) is 0 Å². The standard InChI is InChI=1S/C14H17ClN4O.ClH/c1-18-6-4-11-12(5-7-18)14(3-2-13(11)15)20-10-19-9-16-8-17-19;/h2-3,8-9H,4-7,10H2,1H3;1H. The predicted molar refractivity (Wildman–Crippen MR) is 84.3 cm³/mol. The van der Waals surface area contributed by atoms with E-state index in [9.17, 15) is 0 Å². The first-order valence-electron chi connectivity index (χ1n) is 6.68. The molecule has 0 aliphatic carbocycles. The Balaban J connectivity index is 0.00000161. The lowest BCUT2D eigenvalue weighted by atomic mass is 10.0. The lowest BCUT2D eigenvalue weighted by Crippen LogP contribution is -2.20. The Hall–Kier alpha value is -1.30. The monoisotopic (exact) mass is 328 g/mol. The number of aromatic nitrogens is 3. The molecule has 5 nitrogen and oxygen atoms in total. The highest BCUT2D eigenvalue weighted by Crippen LogP contribution is 2.31. The molecular weight excluding hydrogens is 311 g/mol. The van der Waals surface area contributed by atoms with Gasteiger partial charge in [0.2, 0.25) is 0 Å². The number of rotatable bonds is 3. The first-order valence-corrected chi connectivity index (χ1v) is 7.06. The van der Waals surface area contributed by atoms with Gasteiger partial charge in [0.25, 0.3) is 0 Å². The van der Waals surface area contributed by atoms with E-state index >= 15 is 0 Å². The Kier molecular flexibility index (Phi) is 5.45. The number of nitrogens with zero attached hydrogens (tertiary/aromatic N) is 4. The number of halogens is 2. The molecule has 3 rings (SSSR count). The Bertz CT molecular complexity index is 589. The van der Waals surface area contributed by atoms with Gasteiger partial charge < -0.3 is 9.64 Å². The van der Waals surface area contributed by atoms with E-state index in [0.717, 1.165) is 36.7 Å². The third-order valence-corrected chi connectivity index (χ3v) is 3.99. The Labute approximate surface area is 135 Å². The first kappa shape index (κ1) is 16.1. The molecule has 1 aliphatic rings. The SMILES string of the molecule is CN1CCc2c(Cl)ccc(OCn3cncn3)c2CC1.Cl. The van der Waals surface area contributed by atoms with Gasteiger partial charge in [-0.2, -0.15) is 5.10 Å². The van der Waals surface area contributed by atoms with E-state index in [1.165, 1.54) is 17.5 Å². The van der Waals surface area contributed by atoms with Crippen LogP contribution < -0.4 is 4.74 Å². The molecule has 1 aliphatic heterocycles. The lowest BCUT2D eigenvalue weighted by Gasteiger charge is -2.14. The van der Waals surface area contributed by atoms with Gasteiger partial charge >= 0.3 is 0 Å². The molecule has 0 atom stereocenters. The van der Waals surface area contributed by atoms with Crippen molar-refractivity contribution in [2.45, 2.75) is 19.6 Å². The van der Waals surface area contributed by atoms with Gasteiger partial charge in [-0.1, -0.05) is 11.6 Å². The summed E-state index contributed by atoms with van der Waals surface area (Å²) in [5, 5.41) is 4.87. The van der Waals surface area contributed by atoms with Crippen LogP contribution in [0.25, 0.3) is 0 Å². The fourth-order valence-corrected chi connectivity index (χ4v) is 2.75. The van der Waals surface area contributed by atoms with E-state index in [4.69, 9.17) is 16.3 Å². The number of likely N-dealkylation sites (N-methyl/N-ethyl adjacent to an activating group) is 1. The van der Waals surface area contributed by atoms with E-state index in [-0.39, 0.29) is 12.4 Å². The summed E-state index contributed by atoms with van der Waals surface area (Å²) in [6.45, 7) is 2.41. The highest BCUT2D eigenvalue weighted by atomic mass is 35.5. The minimum Gasteiger partial charge on any atom is -0.471 e. The van der Waals surface area contributed by atoms with Crippen LogP contribution in [-0.2, 0) is 19.6 Å². The van der Waals surface area contributed by atoms with Crippen molar-refractivity contribution >= 4 is 24.0 Å². The van der Waals surface area contributed by atoms with Crippen molar-refractivity contribution in [1.82, 2.24) is 19.7 Å². The average molecular weight is 329 g/mol. The Morgan fingerprint density at radius 1 is 1.24 bits per heavy atom. The van der Waals surface area contributed by atoms with Gasteiger partial charge in [0.1, 0.15) is 18.4 Å². The highest BCUT2D eigenvalue weighted by molar-refractivity contribution is 6.31. The van der Waals surface area contributed by atoms with Crippen molar-refractivity contribution < 1.29 is 4.74 Å². The normalized spacial score (nSPS) is 15.0. The summed E-state index contributed by atoms with van der Waals surface area (Å²) >= 11 is 6.33. The van der Waals surface area contributed by atoms with Crippen LogP contribution in [0.5, 0.6) is 5.75 Å². The number of ether oxygens (including phenoxy) is 1. The highest BCUT2D eigenvalue weighted by Gasteiger charge is 2.18. The second kappa shape index (κ2) is 7.11. The van der Waals surface area contributed by atoms with E-state index in [1.54, 1.807) is 11.0 Å². The van der Waals surface area contributed by atoms with Crippen LogP contribution in [0.2, 0.25) is 5.02 Å². The maximum atomic E-state index is 6.33. The van der Waals surface area contributed by atoms with Crippen molar-refractivity contribution in [1.29, 1.82) is 0 Å². The van der Waals surface area contributed by atoms with Crippen molar-refractivity contribution in [2.75, 3.05) is 20.1 Å². The Morgan fingerprint density at radius 2 is 2.00 bits per heavy atom. The van der Waals surface area contributed by atoms with Crippen LogP contribution in [0.3, 0.4) is 0 Å². The zero-order valence-corrected chi connectivity index (χ0v) is 13.4. The minimum atomic E-state index is 0. The number of hydrogen-bond acceptors (Lipinski definition) is 4. The van der Waals surface area contributed by atoms with E-state index in [2.05, 4.69) is 22.0 Å².